The van der Waals surface area contributed by atoms with E-state index in [0.717, 1.165) is 28.0 Å². The van der Waals surface area contributed by atoms with Crippen molar-refractivity contribution in [3.63, 3.8) is 0 Å². The standard InChI is InChI=1S/C18H13ClN2O/c19-15-7-8-17-20-18(16(11-22)21(17)10-15)14-6-5-12-3-1-2-4-13(12)9-14/h1-10,22H,11H2. The molecule has 2 aromatic heterocycles. The highest BCUT2D eigenvalue weighted by molar-refractivity contribution is 6.30. The van der Waals surface area contributed by atoms with E-state index in [1.165, 1.54) is 5.39 Å². The van der Waals surface area contributed by atoms with Gasteiger partial charge in [-0.2, -0.15) is 0 Å². The smallest absolute Gasteiger partial charge is 0.137 e. The molecule has 2 aromatic carbocycles. The summed E-state index contributed by atoms with van der Waals surface area (Å²) in [7, 11) is 0. The highest BCUT2D eigenvalue weighted by Crippen LogP contribution is 2.28. The number of aliphatic hydroxyl groups is 1. The SMILES string of the molecule is OCc1c(-c2ccc3ccccc3c2)nc2ccc(Cl)cn12. The van der Waals surface area contributed by atoms with Crippen molar-refractivity contribution in [1.29, 1.82) is 0 Å². The lowest BCUT2D eigenvalue weighted by atomic mass is 10.0. The first-order valence-electron chi connectivity index (χ1n) is 7.03. The molecule has 0 aliphatic heterocycles. The van der Waals surface area contributed by atoms with Crippen LogP contribution in [0.4, 0.5) is 0 Å². The molecule has 108 valence electrons. The zero-order valence-electron chi connectivity index (χ0n) is 11.7. The van der Waals surface area contributed by atoms with E-state index in [-0.39, 0.29) is 6.61 Å². The maximum atomic E-state index is 9.77. The molecular formula is C18H13ClN2O. The van der Waals surface area contributed by atoms with E-state index in [1.54, 1.807) is 12.3 Å². The van der Waals surface area contributed by atoms with Gasteiger partial charge in [0.25, 0.3) is 0 Å². The first-order valence-corrected chi connectivity index (χ1v) is 7.40. The molecule has 0 fully saturated rings. The van der Waals surface area contributed by atoms with E-state index in [1.807, 2.05) is 28.7 Å². The number of aromatic nitrogens is 2. The Morgan fingerprint density at radius 2 is 1.82 bits per heavy atom. The van der Waals surface area contributed by atoms with Crippen LogP contribution in [0.3, 0.4) is 0 Å². The second-order valence-electron chi connectivity index (χ2n) is 5.20. The van der Waals surface area contributed by atoms with Gasteiger partial charge in [-0.3, -0.25) is 4.40 Å². The van der Waals surface area contributed by atoms with Gasteiger partial charge >= 0.3 is 0 Å². The predicted molar refractivity (Wildman–Crippen MR) is 89.1 cm³/mol. The maximum absolute atomic E-state index is 9.77. The Labute approximate surface area is 132 Å². The molecule has 1 N–H and O–H groups in total. The lowest BCUT2D eigenvalue weighted by Crippen LogP contribution is -1.94. The van der Waals surface area contributed by atoms with E-state index < -0.39 is 0 Å². The molecule has 0 bridgehead atoms. The summed E-state index contributed by atoms with van der Waals surface area (Å²) < 4.78 is 1.84. The van der Waals surface area contributed by atoms with E-state index in [9.17, 15) is 5.11 Å². The summed E-state index contributed by atoms with van der Waals surface area (Å²) in [5, 5.41) is 12.7. The van der Waals surface area contributed by atoms with Crippen molar-refractivity contribution in [2.24, 2.45) is 0 Å². The van der Waals surface area contributed by atoms with Crippen LogP contribution in [-0.4, -0.2) is 14.5 Å². The number of rotatable bonds is 2. The monoisotopic (exact) mass is 308 g/mol. The number of aliphatic hydroxyl groups excluding tert-OH is 1. The third kappa shape index (κ3) is 2.06. The molecule has 4 aromatic rings. The predicted octanol–water partition coefficient (Wildman–Crippen LogP) is 4.30. The number of nitrogens with zero attached hydrogens (tertiary/aromatic N) is 2. The van der Waals surface area contributed by atoms with E-state index in [4.69, 9.17) is 11.6 Å². The summed E-state index contributed by atoms with van der Waals surface area (Å²) >= 11 is 6.05. The van der Waals surface area contributed by atoms with Crippen LogP contribution in [0.2, 0.25) is 5.02 Å². The van der Waals surface area contributed by atoms with Crippen molar-refractivity contribution in [3.05, 3.63) is 71.5 Å². The van der Waals surface area contributed by atoms with Gasteiger partial charge in [-0.05, 0) is 29.0 Å². The van der Waals surface area contributed by atoms with Gasteiger partial charge in [0.2, 0.25) is 0 Å². The second kappa shape index (κ2) is 5.13. The molecule has 22 heavy (non-hydrogen) atoms. The van der Waals surface area contributed by atoms with Crippen LogP contribution in [0.25, 0.3) is 27.7 Å². The number of hydrogen-bond acceptors (Lipinski definition) is 2. The van der Waals surface area contributed by atoms with Crippen molar-refractivity contribution >= 4 is 28.0 Å². The van der Waals surface area contributed by atoms with Gasteiger partial charge < -0.3 is 5.11 Å². The quantitative estimate of drug-likeness (QED) is 0.599. The number of fused-ring (bicyclic) bond motifs is 2. The third-order valence-electron chi connectivity index (χ3n) is 3.85. The Balaban J connectivity index is 1.98. The van der Waals surface area contributed by atoms with Gasteiger partial charge in [0, 0.05) is 11.8 Å². The van der Waals surface area contributed by atoms with Crippen molar-refractivity contribution in [2.75, 3.05) is 0 Å². The Morgan fingerprint density at radius 1 is 1.00 bits per heavy atom. The average molecular weight is 309 g/mol. The zero-order chi connectivity index (χ0) is 15.1. The molecule has 0 atom stereocenters. The van der Waals surface area contributed by atoms with E-state index in [0.29, 0.717) is 5.02 Å². The number of benzene rings is 2. The fourth-order valence-electron chi connectivity index (χ4n) is 2.79. The third-order valence-corrected chi connectivity index (χ3v) is 4.08. The molecule has 0 unspecified atom stereocenters. The number of halogens is 1. The van der Waals surface area contributed by atoms with Crippen LogP contribution in [0.1, 0.15) is 5.69 Å². The lowest BCUT2D eigenvalue weighted by Gasteiger charge is -2.04. The highest BCUT2D eigenvalue weighted by Gasteiger charge is 2.13. The van der Waals surface area contributed by atoms with Gasteiger partial charge in [-0.1, -0.05) is 48.0 Å². The number of imidazole rings is 1. The minimum Gasteiger partial charge on any atom is -0.390 e. The second-order valence-corrected chi connectivity index (χ2v) is 5.64. The van der Waals surface area contributed by atoms with Crippen LogP contribution in [0.5, 0.6) is 0 Å². The Morgan fingerprint density at radius 3 is 2.64 bits per heavy atom. The summed E-state index contributed by atoms with van der Waals surface area (Å²) in [4.78, 5) is 4.65. The van der Waals surface area contributed by atoms with Gasteiger partial charge in [0.15, 0.2) is 0 Å². The van der Waals surface area contributed by atoms with Crippen molar-refractivity contribution in [3.8, 4) is 11.3 Å². The van der Waals surface area contributed by atoms with Crippen LogP contribution in [0, 0.1) is 0 Å². The van der Waals surface area contributed by atoms with Gasteiger partial charge in [0.1, 0.15) is 5.65 Å². The average Bonchev–Trinajstić information content (AvgIpc) is 2.92. The van der Waals surface area contributed by atoms with E-state index in [2.05, 4.69) is 29.2 Å². The van der Waals surface area contributed by atoms with Crippen LogP contribution in [-0.2, 0) is 6.61 Å². The summed E-state index contributed by atoms with van der Waals surface area (Å²) in [6.45, 7) is -0.0936. The molecule has 0 saturated heterocycles. The fourth-order valence-corrected chi connectivity index (χ4v) is 2.95. The minimum atomic E-state index is -0.0936. The first-order chi connectivity index (χ1) is 10.8. The molecule has 0 spiro atoms. The summed E-state index contributed by atoms with van der Waals surface area (Å²) in [6, 6.07) is 18.0. The van der Waals surface area contributed by atoms with Gasteiger partial charge in [-0.25, -0.2) is 4.98 Å². The molecule has 0 aliphatic rings. The maximum Gasteiger partial charge on any atom is 0.137 e. The molecule has 0 amide bonds. The minimum absolute atomic E-state index is 0.0936. The van der Waals surface area contributed by atoms with E-state index >= 15 is 0 Å². The number of hydrogen-bond donors (Lipinski definition) is 1. The normalized spacial score (nSPS) is 11.4. The molecular weight excluding hydrogens is 296 g/mol. The Bertz CT molecular complexity index is 991. The summed E-state index contributed by atoms with van der Waals surface area (Å²) in [6.07, 6.45) is 1.78. The Kier molecular flexibility index (Phi) is 3.10. The number of pyridine rings is 1. The Hall–Kier alpha value is -2.36. The molecule has 2 heterocycles. The largest absolute Gasteiger partial charge is 0.390 e. The molecule has 0 aliphatic carbocycles. The molecule has 4 heteroatoms. The van der Waals surface area contributed by atoms with Crippen molar-refractivity contribution in [2.45, 2.75) is 6.61 Å². The topological polar surface area (TPSA) is 37.5 Å². The van der Waals surface area contributed by atoms with Gasteiger partial charge in [0.05, 0.1) is 23.0 Å². The van der Waals surface area contributed by atoms with Crippen LogP contribution in [0.15, 0.2) is 60.8 Å². The van der Waals surface area contributed by atoms with Crippen molar-refractivity contribution in [1.82, 2.24) is 9.38 Å². The summed E-state index contributed by atoms with van der Waals surface area (Å²) in [5.41, 5.74) is 3.29. The molecule has 4 rings (SSSR count). The lowest BCUT2D eigenvalue weighted by molar-refractivity contribution is 0.276. The summed E-state index contributed by atoms with van der Waals surface area (Å²) in [5.74, 6) is 0. The molecule has 0 saturated carbocycles. The fraction of sp³-hybridized carbons (Fsp3) is 0.0556. The first kappa shape index (κ1) is 13.3. The van der Waals surface area contributed by atoms with Crippen LogP contribution < -0.4 is 0 Å². The van der Waals surface area contributed by atoms with Crippen molar-refractivity contribution < 1.29 is 5.11 Å². The van der Waals surface area contributed by atoms with Gasteiger partial charge in [-0.15, -0.1) is 0 Å². The highest BCUT2D eigenvalue weighted by atomic mass is 35.5. The zero-order valence-corrected chi connectivity index (χ0v) is 12.5. The van der Waals surface area contributed by atoms with Crippen LogP contribution >= 0.6 is 11.6 Å². The molecule has 3 nitrogen and oxygen atoms in total. The molecule has 0 radical (unpaired) electrons.